The van der Waals surface area contributed by atoms with Gasteiger partial charge in [-0.3, -0.25) is 0 Å². The van der Waals surface area contributed by atoms with E-state index in [4.69, 9.17) is 19.9 Å². The van der Waals surface area contributed by atoms with E-state index in [1.165, 1.54) is 33.5 Å². The fourth-order valence-corrected chi connectivity index (χ4v) is 3.84. The highest BCUT2D eigenvalue weighted by Crippen LogP contribution is 2.38. The van der Waals surface area contributed by atoms with Crippen LogP contribution in [-0.4, -0.2) is 41.8 Å². The van der Waals surface area contributed by atoms with Crippen LogP contribution in [0.15, 0.2) is 17.0 Å². The lowest BCUT2D eigenvalue weighted by atomic mass is 9.89. The predicted octanol–water partition coefficient (Wildman–Crippen LogP) is 0.902. The second kappa shape index (κ2) is 7.36. The van der Waals surface area contributed by atoms with E-state index in [0.29, 0.717) is 18.6 Å². The van der Waals surface area contributed by atoms with E-state index in [0.717, 1.165) is 0 Å². The number of hydrogen-bond donors (Lipinski definition) is 2. The minimum atomic E-state index is -3.77. The average molecular weight is 353 g/mol. The van der Waals surface area contributed by atoms with Gasteiger partial charge < -0.3 is 19.9 Å². The van der Waals surface area contributed by atoms with Crippen molar-refractivity contribution in [1.29, 1.82) is 0 Å². The molecule has 9 heteroatoms. The number of benzene rings is 1. The molecule has 0 heterocycles. The Morgan fingerprint density at radius 2 is 1.59 bits per heavy atom. The molecule has 0 saturated heterocycles. The van der Waals surface area contributed by atoms with Gasteiger partial charge in [0, 0.05) is 24.2 Å². The van der Waals surface area contributed by atoms with Crippen LogP contribution in [-0.2, 0) is 10.0 Å². The Kier molecular flexibility index (Phi) is 6.30. The van der Waals surface area contributed by atoms with Gasteiger partial charge in [-0.25, -0.2) is 13.1 Å². The molecule has 1 aromatic rings. The van der Waals surface area contributed by atoms with E-state index in [1.54, 1.807) is 0 Å². The average Bonchev–Trinajstić information content (AvgIpc) is 2.43. The number of nitrogens with one attached hydrogen (secondary N) is 1. The topological polar surface area (TPSA) is 99.9 Å². The third-order valence-electron chi connectivity index (χ3n) is 3.43. The third kappa shape index (κ3) is 3.75. The van der Waals surface area contributed by atoms with Crippen molar-refractivity contribution in [3.8, 4) is 17.2 Å². The quantitative estimate of drug-likeness (QED) is 0.789. The molecular formula is C13H21ClN2O5S. The van der Waals surface area contributed by atoms with E-state index in [-0.39, 0.29) is 40.9 Å². The highest BCUT2D eigenvalue weighted by molar-refractivity contribution is 7.89. The van der Waals surface area contributed by atoms with Gasteiger partial charge >= 0.3 is 0 Å². The monoisotopic (exact) mass is 352 g/mol. The van der Waals surface area contributed by atoms with E-state index in [1.807, 2.05) is 0 Å². The van der Waals surface area contributed by atoms with Crippen LogP contribution >= 0.6 is 12.4 Å². The zero-order chi connectivity index (χ0) is 15.6. The number of nitrogens with two attached hydrogens (primary N) is 1. The van der Waals surface area contributed by atoms with Crippen molar-refractivity contribution < 1.29 is 22.6 Å². The molecule has 1 aliphatic rings. The summed E-state index contributed by atoms with van der Waals surface area (Å²) in [5, 5.41) is 0. The molecule has 0 spiro atoms. The highest BCUT2D eigenvalue weighted by Gasteiger charge is 2.33. The number of halogens is 1. The van der Waals surface area contributed by atoms with Crippen molar-refractivity contribution in [3.05, 3.63) is 12.1 Å². The number of rotatable bonds is 6. The van der Waals surface area contributed by atoms with Gasteiger partial charge in [0.25, 0.3) is 0 Å². The molecule has 0 amide bonds. The van der Waals surface area contributed by atoms with Crippen molar-refractivity contribution in [2.24, 2.45) is 5.73 Å². The number of ether oxygens (including phenoxy) is 3. The van der Waals surface area contributed by atoms with Gasteiger partial charge in [-0.1, -0.05) is 0 Å². The van der Waals surface area contributed by atoms with Gasteiger partial charge in [-0.2, -0.15) is 0 Å². The van der Waals surface area contributed by atoms with Crippen LogP contribution in [0.5, 0.6) is 17.2 Å². The molecule has 0 atom stereocenters. The number of methoxy groups -OCH3 is 3. The van der Waals surface area contributed by atoms with Crippen molar-refractivity contribution in [1.82, 2.24) is 4.72 Å². The summed E-state index contributed by atoms with van der Waals surface area (Å²) in [7, 11) is 0.508. The zero-order valence-electron chi connectivity index (χ0n) is 12.7. The molecule has 0 radical (unpaired) electrons. The molecule has 0 unspecified atom stereocenters. The van der Waals surface area contributed by atoms with Gasteiger partial charge in [0.1, 0.15) is 17.2 Å². The third-order valence-corrected chi connectivity index (χ3v) is 5.02. The molecule has 7 nitrogen and oxygen atoms in total. The molecule has 1 saturated carbocycles. The first-order valence-corrected chi connectivity index (χ1v) is 7.97. The Morgan fingerprint density at radius 3 is 1.95 bits per heavy atom. The van der Waals surface area contributed by atoms with E-state index >= 15 is 0 Å². The normalized spacial score (nSPS) is 20.5. The molecule has 0 bridgehead atoms. The smallest absolute Gasteiger partial charge is 0.248 e. The van der Waals surface area contributed by atoms with Crippen LogP contribution in [0.2, 0.25) is 0 Å². The summed E-state index contributed by atoms with van der Waals surface area (Å²) in [6.07, 6.45) is 1.25. The molecule has 0 aromatic heterocycles. The molecule has 1 aromatic carbocycles. The van der Waals surface area contributed by atoms with Crippen LogP contribution in [0, 0.1) is 0 Å². The van der Waals surface area contributed by atoms with Crippen molar-refractivity contribution in [2.75, 3.05) is 21.3 Å². The standard InChI is InChI=1S/C13H20N2O5S.ClH/c1-18-10-6-11(19-2)13(12(7-10)20-3)21(16,17)15-9-4-8(14)5-9;/h6-9,15H,4-5,14H2,1-3H3;1H. The predicted molar refractivity (Wildman–Crippen MR) is 84.7 cm³/mol. The van der Waals surface area contributed by atoms with Crippen LogP contribution < -0.4 is 24.7 Å². The first-order chi connectivity index (χ1) is 9.91. The SMILES string of the molecule is COc1cc(OC)c(S(=O)(=O)NC2CC(N)C2)c(OC)c1.Cl. The Balaban J connectivity index is 0.00000242. The summed E-state index contributed by atoms with van der Waals surface area (Å²) in [6, 6.07) is 2.91. The Bertz CT molecular complexity index is 592. The lowest BCUT2D eigenvalue weighted by molar-refractivity contribution is 0.324. The fourth-order valence-electron chi connectivity index (χ4n) is 2.27. The minimum absolute atomic E-state index is 0. The lowest BCUT2D eigenvalue weighted by Crippen LogP contribution is -2.50. The number of sulfonamides is 1. The first-order valence-electron chi connectivity index (χ1n) is 6.49. The van der Waals surface area contributed by atoms with Crippen LogP contribution in [0.4, 0.5) is 0 Å². The summed E-state index contributed by atoms with van der Waals surface area (Å²) < 4.78 is 43.2. The fraction of sp³-hybridized carbons (Fsp3) is 0.538. The second-order valence-corrected chi connectivity index (χ2v) is 6.56. The summed E-state index contributed by atoms with van der Waals surface area (Å²) >= 11 is 0. The van der Waals surface area contributed by atoms with Gasteiger partial charge in [-0.05, 0) is 12.8 Å². The van der Waals surface area contributed by atoms with Gasteiger partial charge in [0.2, 0.25) is 10.0 Å². The van der Waals surface area contributed by atoms with E-state index in [2.05, 4.69) is 4.72 Å². The maximum Gasteiger partial charge on any atom is 0.248 e. The summed E-state index contributed by atoms with van der Waals surface area (Å²) in [6.45, 7) is 0. The zero-order valence-corrected chi connectivity index (χ0v) is 14.3. The Morgan fingerprint density at radius 1 is 1.09 bits per heavy atom. The molecule has 22 heavy (non-hydrogen) atoms. The highest BCUT2D eigenvalue weighted by atomic mass is 35.5. The van der Waals surface area contributed by atoms with Crippen LogP contribution in [0.25, 0.3) is 0 Å². The molecular weight excluding hydrogens is 332 g/mol. The summed E-state index contributed by atoms with van der Waals surface area (Å²) in [5.74, 6) is 0.790. The minimum Gasteiger partial charge on any atom is -0.496 e. The van der Waals surface area contributed by atoms with Crippen LogP contribution in [0.1, 0.15) is 12.8 Å². The molecule has 1 fully saturated rings. The van der Waals surface area contributed by atoms with E-state index < -0.39 is 10.0 Å². The first kappa shape index (κ1) is 18.8. The molecule has 2 rings (SSSR count). The Hall–Kier alpha value is -1.22. The summed E-state index contributed by atoms with van der Waals surface area (Å²) in [4.78, 5) is -0.0335. The lowest BCUT2D eigenvalue weighted by Gasteiger charge is -2.32. The molecule has 3 N–H and O–H groups in total. The second-order valence-electron chi connectivity index (χ2n) is 4.91. The van der Waals surface area contributed by atoms with Gasteiger partial charge in [0.05, 0.1) is 21.3 Å². The Labute approximate surface area is 136 Å². The molecule has 0 aliphatic heterocycles. The van der Waals surface area contributed by atoms with Crippen LogP contribution in [0.3, 0.4) is 0 Å². The maximum absolute atomic E-state index is 12.5. The van der Waals surface area contributed by atoms with Crippen molar-refractivity contribution >= 4 is 22.4 Å². The van der Waals surface area contributed by atoms with Crippen molar-refractivity contribution in [3.63, 3.8) is 0 Å². The van der Waals surface area contributed by atoms with E-state index in [9.17, 15) is 8.42 Å². The molecule has 1 aliphatic carbocycles. The largest absolute Gasteiger partial charge is 0.496 e. The van der Waals surface area contributed by atoms with Crippen molar-refractivity contribution in [2.45, 2.75) is 29.8 Å². The summed E-state index contributed by atoms with van der Waals surface area (Å²) in [5.41, 5.74) is 5.68. The molecule has 126 valence electrons. The maximum atomic E-state index is 12.5. The van der Waals surface area contributed by atoms with Gasteiger partial charge in [0.15, 0.2) is 4.90 Å². The number of hydrogen-bond acceptors (Lipinski definition) is 6. The van der Waals surface area contributed by atoms with Gasteiger partial charge in [-0.15, -0.1) is 12.4 Å².